The first-order valence-corrected chi connectivity index (χ1v) is 5.34. The third kappa shape index (κ3) is 3.47. The van der Waals surface area contributed by atoms with Gasteiger partial charge in [-0.2, -0.15) is 0 Å². The largest absolute Gasteiger partial charge is 0.464 e. The van der Waals surface area contributed by atoms with Crippen LogP contribution in [0, 0.1) is 0 Å². The van der Waals surface area contributed by atoms with Crippen molar-refractivity contribution in [1.29, 1.82) is 0 Å². The van der Waals surface area contributed by atoms with Gasteiger partial charge in [-0.1, -0.05) is 0 Å². The van der Waals surface area contributed by atoms with Crippen LogP contribution in [-0.4, -0.2) is 34.3 Å². The topological polar surface area (TPSA) is 82.4 Å². The maximum atomic E-state index is 11.6. The lowest BCUT2D eigenvalue weighted by atomic mass is 10.2. The number of ether oxygens (including phenoxy) is 2. The molecule has 0 aliphatic carbocycles. The van der Waals surface area contributed by atoms with Gasteiger partial charge < -0.3 is 14.0 Å². The number of nitrogens with one attached hydrogen (secondary N) is 1. The Labute approximate surface area is 105 Å². The number of aryl methyl sites for hydroxylation is 1. The van der Waals surface area contributed by atoms with Crippen molar-refractivity contribution in [2.75, 3.05) is 12.4 Å². The van der Waals surface area contributed by atoms with Gasteiger partial charge in [-0.25, -0.2) is 14.6 Å². The summed E-state index contributed by atoms with van der Waals surface area (Å²) < 4.78 is 11.1. The molecule has 7 heteroatoms. The van der Waals surface area contributed by atoms with Gasteiger partial charge >= 0.3 is 12.1 Å². The van der Waals surface area contributed by atoms with Gasteiger partial charge in [0.25, 0.3) is 0 Å². The Balaban J connectivity index is 2.86. The van der Waals surface area contributed by atoms with E-state index in [0.29, 0.717) is 0 Å². The van der Waals surface area contributed by atoms with Crippen molar-refractivity contribution in [3.63, 3.8) is 0 Å². The fourth-order valence-corrected chi connectivity index (χ4v) is 1.26. The highest BCUT2D eigenvalue weighted by Crippen LogP contribution is 2.15. The number of nitrogens with zero attached hydrogens (tertiary/aromatic N) is 2. The molecule has 0 aliphatic rings. The number of hydrogen-bond donors (Lipinski definition) is 1. The normalized spacial score (nSPS) is 10.9. The van der Waals surface area contributed by atoms with E-state index in [-0.39, 0.29) is 11.5 Å². The quantitative estimate of drug-likeness (QED) is 0.811. The van der Waals surface area contributed by atoms with Crippen LogP contribution in [0.4, 0.5) is 10.6 Å². The van der Waals surface area contributed by atoms with Crippen LogP contribution in [-0.2, 0) is 16.5 Å². The van der Waals surface area contributed by atoms with Crippen molar-refractivity contribution in [2.24, 2.45) is 7.05 Å². The van der Waals surface area contributed by atoms with Crippen molar-refractivity contribution in [3.05, 3.63) is 12.0 Å². The summed E-state index contributed by atoms with van der Waals surface area (Å²) in [5.41, 5.74) is -0.465. The maximum Gasteiger partial charge on any atom is 0.413 e. The Morgan fingerprint density at radius 3 is 2.50 bits per heavy atom. The highest BCUT2D eigenvalue weighted by Gasteiger charge is 2.22. The van der Waals surface area contributed by atoms with Gasteiger partial charge in [-0.05, 0) is 20.8 Å². The van der Waals surface area contributed by atoms with Gasteiger partial charge in [0.05, 0.1) is 13.4 Å². The van der Waals surface area contributed by atoms with Gasteiger partial charge in [0.2, 0.25) is 0 Å². The molecule has 0 fully saturated rings. The third-order valence-electron chi connectivity index (χ3n) is 1.94. The second-order valence-corrected chi connectivity index (χ2v) is 4.67. The van der Waals surface area contributed by atoms with E-state index < -0.39 is 17.7 Å². The van der Waals surface area contributed by atoms with E-state index in [0.717, 1.165) is 0 Å². The predicted molar refractivity (Wildman–Crippen MR) is 64.4 cm³/mol. The molecule has 0 bridgehead atoms. The molecule has 1 N–H and O–H groups in total. The first-order chi connectivity index (χ1) is 8.24. The Morgan fingerprint density at radius 2 is 2.00 bits per heavy atom. The highest BCUT2D eigenvalue weighted by atomic mass is 16.6. The van der Waals surface area contributed by atoms with Crippen LogP contribution in [0.3, 0.4) is 0 Å². The number of carbonyl (C=O) groups is 2. The minimum absolute atomic E-state index is 0.110. The molecule has 0 unspecified atom stereocenters. The molecule has 0 aliphatic heterocycles. The zero-order valence-electron chi connectivity index (χ0n) is 11.1. The van der Waals surface area contributed by atoms with Crippen LogP contribution >= 0.6 is 0 Å². The van der Waals surface area contributed by atoms with Gasteiger partial charge in [0.15, 0.2) is 11.5 Å². The Kier molecular flexibility index (Phi) is 3.95. The zero-order chi connectivity index (χ0) is 13.9. The van der Waals surface area contributed by atoms with Gasteiger partial charge in [0.1, 0.15) is 5.60 Å². The summed E-state index contributed by atoms with van der Waals surface area (Å²) in [6.45, 7) is 5.23. The van der Waals surface area contributed by atoms with Gasteiger partial charge in [-0.3, -0.25) is 5.32 Å². The second-order valence-electron chi connectivity index (χ2n) is 4.67. The number of rotatable bonds is 2. The van der Waals surface area contributed by atoms with Crippen molar-refractivity contribution in [1.82, 2.24) is 9.55 Å². The lowest BCUT2D eigenvalue weighted by Crippen LogP contribution is -2.28. The van der Waals surface area contributed by atoms with Crippen molar-refractivity contribution in [2.45, 2.75) is 26.4 Å². The molecule has 1 aromatic rings. The molecule has 0 atom stereocenters. The summed E-state index contributed by atoms with van der Waals surface area (Å²) in [7, 11) is 2.88. The van der Waals surface area contributed by atoms with Crippen molar-refractivity contribution < 1.29 is 19.1 Å². The Morgan fingerprint density at radius 1 is 1.39 bits per heavy atom. The maximum absolute atomic E-state index is 11.6. The number of anilines is 1. The summed E-state index contributed by atoms with van der Waals surface area (Å²) >= 11 is 0. The summed E-state index contributed by atoms with van der Waals surface area (Å²) in [6, 6.07) is 0. The highest BCUT2D eigenvalue weighted by molar-refractivity contribution is 5.97. The van der Waals surface area contributed by atoms with E-state index in [4.69, 9.17) is 4.74 Å². The van der Waals surface area contributed by atoms with Gasteiger partial charge in [-0.15, -0.1) is 0 Å². The molecular weight excluding hydrogens is 238 g/mol. The number of hydrogen-bond acceptors (Lipinski definition) is 5. The molecule has 1 heterocycles. The summed E-state index contributed by atoms with van der Waals surface area (Å²) in [6.07, 6.45) is 0.727. The van der Waals surface area contributed by atoms with Gasteiger partial charge in [0, 0.05) is 7.05 Å². The third-order valence-corrected chi connectivity index (χ3v) is 1.94. The van der Waals surface area contributed by atoms with E-state index in [2.05, 4.69) is 15.0 Å². The predicted octanol–water partition coefficient (Wildman–Crippen LogP) is 1.55. The number of aromatic nitrogens is 2. The summed E-state index contributed by atoms with van der Waals surface area (Å²) in [5.74, 6) is -0.473. The number of imidazole rings is 1. The van der Waals surface area contributed by atoms with Crippen LogP contribution in [0.1, 0.15) is 31.3 Å². The van der Waals surface area contributed by atoms with E-state index in [1.807, 2.05) is 0 Å². The average Bonchev–Trinajstić information content (AvgIpc) is 2.56. The molecule has 100 valence electrons. The molecular formula is C11H17N3O4. The van der Waals surface area contributed by atoms with E-state index in [1.54, 1.807) is 27.8 Å². The Bertz CT molecular complexity index is 459. The molecule has 1 aromatic heterocycles. The van der Waals surface area contributed by atoms with Crippen molar-refractivity contribution >= 4 is 17.9 Å². The minimum atomic E-state index is -0.675. The molecule has 0 aromatic carbocycles. The van der Waals surface area contributed by atoms with E-state index >= 15 is 0 Å². The first-order valence-electron chi connectivity index (χ1n) is 5.34. The molecule has 1 rings (SSSR count). The molecule has 0 saturated carbocycles. The Hall–Kier alpha value is -2.05. The lowest BCUT2D eigenvalue weighted by molar-refractivity contribution is 0.0591. The monoisotopic (exact) mass is 255 g/mol. The van der Waals surface area contributed by atoms with Crippen LogP contribution in [0.2, 0.25) is 0 Å². The molecule has 0 saturated heterocycles. The molecule has 0 spiro atoms. The molecule has 18 heavy (non-hydrogen) atoms. The minimum Gasteiger partial charge on any atom is -0.464 e. The number of esters is 1. The molecule has 1 amide bonds. The first kappa shape index (κ1) is 14.0. The molecule has 0 radical (unpaired) electrons. The average molecular weight is 255 g/mol. The zero-order valence-corrected chi connectivity index (χ0v) is 11.1. The molecule has 7 nitrogen and oxygen atoms in total. The smallest absolute Gasteiger partial charge is 0.413 e. The SMILES string of the molecule is COC(=O)c1c(NC(=O)OC(C)(C)C)ncn1C. The van der Waals surface area contributed by atoms with Crippen LogP contribution in [0.15, 0.2) is 6.33 Å². The standard InChI is InChI=1S/C11H17N3O4/c1-11(2,3)18-10(16)13-8-7(9(15)17-5)14(4)6-12-8/h6H,1-5H3,(H,13,16). The van der Waals surface area contributed by atoms with E-state index in [9.17, 15) is 9.59 Å². The van der Waals surface area contributed by atoms with Crippen LogP contribution in [0.5, 0.6) is 0 Å². The second kappa shape index (κ2) is 5.07. The number of amides is 1. The van der Waals surface area contributed by atoms with Crippen LogP contribution < -0.4 is 5.32 Å². The summed E-state index contributed by atoms with van der Waals surface area (Å²) in [4.78, 5) is 27.0. The fourth-order valence-electron chi connectivity index (χ4n) is 1.26. The number of carbonyl (C=O) groups excluding carboxylic acids is 2. The van der Waals surface area contributed by atoms with Crippen molar-refractivity contribution in [3.8, 4) is 0 Å². The summed E-state index contributed by atoms with van der Waals surface area (Å²) in [5, 5.41) is 2.41. The van der Waals surface area contributed by atoms with E-state index in [1.165, 1.54) is 18.0 Å². The van der Waals surface area contributed by atoms with Crippen LogP contribution in [0.25, 0.3) is 0 Å². The number of methoxy groups -OCH3 is 1. The lowest BCUT2D eigenvalue weighted by Gasteiger charge is -2.19. The fraction of sp³-hybridized carbons (Fsp3) is 0.545.